The maximum Gasteiger partial charge on any atom is 0.323 e. The van der Waals surface area contributed by atoms with Gasteiger partial charge in [-0.25, -0.2) is 0 Å². The summed E-state index contributed by atoms with van der Waals surface area (Å²) in [5.74, 6) is 0.849. The minimum absolute atomic E-state index is 0.237. The van der Waals surface area contributed by atoms with Crippen LogP contribution in [-0.2, 0) is 11.3 Å². The number of carboxylic acid groups (broad SMARTS) is 1. The van der Waals surface area contributed by atoms with E-state index in [1.807, 2.05) is 0 Å². The highest BCUT2D eigenvalue weighted by molar-refractivity contribution is 6.06. The Morgan fingerprint density at radius 1 is 1.44 bits per heavy atom. The van der Waals surface area contributed by atoms with Gasteiger partial charge in [0, 0.05) is 22.7 Å². The van der Waals surface area contributed by atoms with Crippen molar-refractivity contribution < 1.29 is 14.7 Å². The molecule has 0 aliphatic heterocycles. The number of terminal acetylenes is 1. The molecular weight excluding hydrogens is 232 g/mol. The summed E-state index contributed by atoms with van der Waals surface area (Å²) >= 11 is 0. The molecule has 90 valence electrons. The van der Waals surface area contributed by atoms with Gasteiger partial charge in [-0.3, -0.25) is 9.59 Å². The second-order valence-electron chi connectivity index (χ2n) is 3.80. The molecule has 0 saturated carbocycles. The lowest BCUT2D eigenvalue weighted by molar-refractivity contribution is -0.137. The number of amides is 1. The molecule has 1 aromatic carbocycles. The van der Waals surface area contributed by atoms with Crippen LogP contribution in [0.5, 0.6) is 0 Å². The Morgan fingerprint density at radius 2 is 2.17 bits per heavy atom. The van der Waals surface area contributed by atoms with Gasteiger partial charge in [0.1, 0.15) is 6.54 Å². The molecule has 1 heterocycles. The van der Waals surface area contributed by atoms with Crippen LogP contribution in [0.25, 0.3) is 10.9 Å². The zero-order valence-corrected chi connectivity index (χ0v) is 9.38. The van der Waals surface area contributed by atoms with Crippen LogP contribution in [0, 0.1) is 12.3 Å². The quantitative estimate of drug-likeness (QED) is 0.781. The van der Waals surface area contributed by atoms with Crippen molar-refractivity contribution in [2.75, 3.05) is 0 Å². The molecule has 18 heavy (non-hydrogen) atoms. The first-order valence-electron chi connectivity index (χ1n) is 5.14. The molecule has 1 amide bonds. The van der Waals surface area contributed by atoms with Crippen molar-refractivity contribution in [2.45, 2.75) is 6.54 Å². The molecule has 2 aromatic rings. The summed E-state index contributed by atoms with van der Waals surface area (Å²) in [7, 11) is 0. The van der Waals surface area contributed by atoms with Gasteiger partial charge >= 0.3 is 5.97 Å². The van der Waals surface area contributed by atoms with Crippen molar-refractivity contribution in [1.82, 2.24) is 4.57 Å². The lowest BCUT2D eigenvalue weighted by Crippen LogP contribution is -2.11. The molecule has 0 aliphatic rings. The predicted octanol–water partition coefficient (Wildman–Crippen LogP) is 0.806. The molecule has 0 aliphatic carbocycles. The van der Waals surface area contributed by atoms with Crippen LogP contribution in [0.15, 0.2) is 24.4 Å². The molecule has 0 atom stereocenters. The number of nitrogens with zero attached hydrogens (tertiary/aromatic N) is 1. The van der Waals surface area contributed by atoms with Crippen LogP contribution in [0.3, 0.4) is 0 Å². The molecule has 0 unspecified atom stereocenters. The third-order valence-electron chi connectivity index (χ3n) is 2.62. The Kier molecular flexibility index (Phi) is 2.78. The summed E-state index contributed by atoms with van der Waals surface area (Å²) in [5.41, 5.74) is 6.76. The number of hydrogen-bond donors (Lipinski definition) is 2. The van der Waals surface area contributed by atoms with Crippen molar-refractivity contribution in [3.05, 3.63) is 35.5 Å². The third-order valence-corrected chi connectivity index (χ3v) is 2.62. The Labute approximate surface area is 103 Å². The number of hydrogen-bond acceptors (Lipinski definition) is 2. The number of aromatic nitrogens is 1. The highest BCUT2D eigenvalue weighted by Gasteiger charge is 2.14. The lowest BCUT2D eigenvalue weighted by atomic mass is 10.1. The van der Waals surface area contributed by atoms with Gasteiger partial charge in [-0.1, -0.05) is 5.92 Å². The van der Waals surface area contributed by atoms with Crippen LogP contribution in [0.4, 0.5) is 0 Å². The maximum atomic E-state index is 11.3. The van der Waals surface area contributed by atoms with Gasteiger partial charge < -0.3 is 15.4 Å². The predicted molar refractivity (Wildman–Crippen MR) is 66.0 cm³/mol. The van der Waals surface area contributed by atoms with E-state index in [0.717, 1.165) is 0 Å². The summed E-state index contributed by atoms with van der Waals surface area (Å²) in [6.45, 7) is -0.237. The normalized spacial score (nSPS) is 10.2. The molecule has 5 heteroatoms. The summed E-state index contributed by atoms with van der Waals surface area (Å²) in [6, 6.07) is 5.01. The number of nitrogens with two attached hydrogens (primary N) is 1. The van der Waals surface area contributed by atoms with E-state index in [1.165, 1.54) is 10.8 Å². The lowest BCUT2D eigenvalue weighted by Gasteiger charge is -2.00. The monoisotopic (exact) mass is 242 g/mol. The zero-order chi connectivity index (χ0) is 13.3. The van der Waals surface area contributed by atoms with Crippen LogP contribution in [0.1, 0.15) is 15.9 Å². The van der Waals surface area contributed by atoms with Crippen LogP contribution in [0.2, 0.25) is 0 Å². The molecule has 0 bridgehead atoms. The highest BCUT2D eigenvalue weighted by Crippen LogP contribution is 2.22. The Bertz CT molecular complexity index is 692. The topological polar surface area (TPSA) is 85.3 Å². The number of carbonyl (C=O) groups excluding carboxylic acids is 1. The Hall–Kier alpha value is -2.74. The molecule has 3 N–H and O–H groups in total. The average molecular weight is 242 g/mol. The fourth-order valence-corrected chi connectivity index (χ4v) is 1.86. The average Bonchev–Trinajstić information content (AvgIpc) is 2.66. The first kappa shape index (κ1) is 11.7. The van der Waals surface area contributed by atoms with Gasteiger partial charge in [0.25, 0.3) is 5.91 Å². The van der Waals surface area contributed by atoms with Gasteiger partial charge in [0.15, 0.2) is 0 Å². The number of benzene rings is 1. The van der Waals surface area contributed by atoms with Crippen LogP contribution >= 0.6 is 0 Å². The number of primary amides is 1. The second kappa shape index (κ2) is 4.26. The van der Waals surface area contributed by atoms with E-state index in [4.69, 9.17) is 17.3 Å². The first-order valence-corrected chi connectivity index (χ1v) is 5.14. The molecule has 0 saturated heterocycles. The molecule has 0 fully saturated rings. The minimum Gasteiger partial charge on any atom is -0.480 e. The van der Waals surface area contributed by atoms with Crippen molar-refractivity contribution in [3.8, 4) is 12.3 Å². The summed E-state index contributed by atoms with van der Waals surface area (Å²) < 4.78 is 1.46. The van der Waals surface area contributed by atoms with Gasteiger partial charge in [0.2, 0.25) is 0 Å². The molecule has 2 rings (SSSR count). The van der Waals surface area contributed by atoms with E-state index in [1.54, 1.807) is 18.2 Å². The third kappa shape index (κ3) is 1.92. The molecule has 0 radical (unpaired) electrons. The smallest absolute Gasteiger partial charge is 0.323 e. The zero-order valence-electron chi connectivity index (χ0n) is 9.38. The number of carbonyl (C=O) groups is 2. The fourth-order valence-electron chi connectivity index (χ4n) is 1.86. The van der Waals surface area contributed by atoms with E-state index in [9.17, 15) is 9.59 Å². The Balaban J connectivity index is 2.72. The second-order valence-corrected chi connectivity index (χ2v) is 3.80. The van der Waals surface area contributed by atoms with E-state index >= 15 is 0 Å². The van der Waals surface area contributed by atoms with Crippen molar-refractivity contribution in [3.63, 3.8) is 0 Å². The minimum atomic E-state index is -0.996. The molecule has 5 nitrogen and oxygen atoms in total. The maximum absolute atomic E-state index is 11.3. The van der Waals surface area contributed by atoms with Crippen molar-refractivity contribution in [1.29, 1.82) is 0 Å². The van der Waals surface area contributed by atoms with Gasteiger partial charge in [-0.2, -0.15) is 0 Å². The van der Waals surface area contributed by atoms with Crippen LogP contribution < -0.4 is 5.73 Å². The van der Waals surface area contributed by atoms with E-state index in [2.05, 4.69) is 5.92 Å². The first-order chi connectivity index (χ1) is 8.52. The summed E-state index contributed by atoms with van der Waals surface area (Å²) in [5, 5.41) is 9.37. The van der Waals surface area contributed by atoms with E-state index in [0.29, 0.717) is 16.5 Å². The summed E-state index contributed by atoms with van der Waals surface area (Å²) in [6.07, 6.45) is 6.72. The number of fused-ring (bicyclic) bond motifs is 1. The van der Waals surface area contributed by atoms with Gasteiger partial charge in [-0.15, -0.1) is 6.42 Å². The fraction of sp³-hybridized carbons (Fsp3) is 0.0769. The van der Waals surface area contributed by atoms with Crippen molar-refractivity contribution >= 4 is 22.8 Å². The van der Waals surface area contributed by atoms with Crippen LogP contribution in [-0.4, -0.2) is 21.6 Å². The largest absolute Gasteiger partial charge is 0.480 e. The highest BCUT2D eigenvalue weighted by atomic mass is 16.4. The number of aliphatic carboxylic acids is 1. The number of carboxylic acids is 1. The van der Waals surface area contributed by atoms with Crippen molar-refractivity contribution in [2.24, 2.45) is 5.73 Å². The summed E-state index contributed by atoms with van der Waals surface area (Å²) in [4.78, 5) is 22.1. The standard InChI is InChI=1S/C13H10N2O3/c1-2-8-3-4-11-9(5-8)10(13(14)18)6-15(11)7-12(16)17/h1,3-6H,7H2,(H2,14,18)(H,16,17). The SMILES string of the molecule is C#Cc1ccc2c(c1)c(C(N)=O)cn2CC(=O)O. The van der Waals surface area contributed by atoms with E-state index < -0.39 is 11.9 Å². The molecule has 0 spiro atoms. The van der Waals surface area contributed by atoms with Gasteiger partial charge in [0.05, 0.1) is 5.56 Å². The molecule has 1 aromatic heterocycles. The number of rotatable bonds is 3. The van der Waals surface area contributed by atoms with E-state index in [-0.39, 0.29) is 12.1 Å². The molecular formula is C13H10N2O3. The Morgan fingerprint density at radius 3 is 2.72 bits per heavy atom. The van der Waals surface area contributed by atoms with Gasteiger partial charge in [-0.05, 0) is 18.2 Å².